The first-order valence-corrected chi connectivity index (χ1v) is 7.28. The lowest BCUT2D eigenvalue weighted by Crippen LogP contribution is -2.30. The number of benzene rings is 2. The van der Waals surface area contributed by atoms with Gasteiger partial charge in [0.05, 0.1) is 0 Å². The van der Waals surface area contributed by atoms with Crippen LogP contribution in [0.2, 0.25) is 0 Å². The number of rotatable bonds is 6. The molecule has 0 aliphatic heterocycles. The summed E-state index contributed by atoms with van der Waals surface area (Å²) in [6.07, 6.45) is 0.0503. The first-order valence-electron chi connectivity index (χ1n) is 7.28. The van der Waals surface area contributed by atoms with Gasteiger partial charge in [-0.3, -0.25) is 9.59 Å². The Morgan fingerprint density at radius 2 is 1.35 bits per heavy atom. The molecule has 0 aromatic heterocycles. The minimum absolute atomic E-state index is 0.0503. The summed E-state index contributed by atoms with van der Waals surface area (Å²) in [6, 6.07) is 12.5. The molecule has 0 heterocycles. The fraction of sp³-hybridized carbons (Fsp3) is 0.222. The SMILES string of the molecule is CCC(=O)C(C(=O)O)C(c1ccccc1O)c1ccccc1O. The van der Waals surface area contributed by atoms with E-state index in [9.17, 15) is 24.9 Å². The number of carbonyl (C=O) groups excluding carboxylic acids is 1. The molecule has 0 aliphatic carbocycles. The van der Waals surface area contributed by atoms with E-state index in [2.05, 4.69) is 0 Å². The molecule has 0 saturated carbocycles. The largest absolute Gasteiger partial charge is 0.508 e. The molecule has 1 atom stereocenters. The number of phenols is 2. The lowest BCUT2D eigenvalue weighted by atomic mass is 9.77. The third-order valence-corrected chi connectivity index (χ3v) is 3.84. The molecule has 2 aromatic carbocycles. The minimum Gasteiger partial charge on any atom is -0.508 e. The highest BCUT2D eigenvalue weighted by molar-refractivity contribution is 5.99. The van der Waals surface area contributed by atoms with Gasteiger partial charge in [0.2, 0.25) is 0 Å². The van der Waals surface area contributed by atoms with Crippen LogP contribution in [0.1, 0.15) is 30.4 Å². The van der Waals surface area contributed by atoms with Gasteiger partial charge in [-0.1, -0.05) is 43.3 Å². The Morgan fingerprint density at radius 3 is 1.70 bits per heavy atom. The van der Waals surface area contributed by atoms with Crippen molar-refractivity contribution < 1.29 is 24.9 Å². The first-order chi connectivity index (χ1) is 11.0. The maximum Gasteiger partial charge on any atom is 0.315 e. The van der Waals surface area contributed by atoms with Gasteiger partial charge >= 0.3 is 5.97 Å². The van der Waals surface area contributed by atoms with E-state index in [0.29, 0.717) is 11.1 Å². The molecule has 2 rings (SSSR count). The highest BCUT2D eigenvalue weighted by Gasteiger charge is 2.38. The van der Waals surface area contributed by atoms with Crippen molar-refractivity contribution in [2.24, 2.45) is 5.92 Å². The zero-order valence-electron chi connectivity index (χ0n) is 12.6. The lowest BCUT2D eigenvalue weighted by Gasteiger charge is -2.25. The highest BCUT2D eigenvalue weighted by Crippen LogP contribution is 2.41. The van der Waals surface area contributed by atoms with Gasteiger partial charge in [-0.15, -0.1) is 0 Å². The summed E-state index contributed by atoms with van der Waals surface area (Å²) in [5.74, 6) is -4.34. The molecule has 0 bridgehead atoms. The fourth-order valence-electron chi connectivity index (χ4n) is 2.71. The van der Waals surface area contributed by atoms with Crippen molar-refractivity contribution >= 4 is 11.8 Å². The van der Waals surface area contributed by atoms with Crippen LogP contribution in [-0.2, 0) is 9.59 Å². The predicted molar refractivity (Wildman–Crippen MR) is 84.5 cm³/mol. The Hall–Kier alpha value is -2.82. The van der Waals surface area contributed by atoms with Crippen molar-refractivity contribution in [2.45, 2.75) is 19.3 Å². The smallest absolute Gasteiger partial charge is 0.315 e. The molecule has 0 aliphatic rings. The van der Waals surface area contributed by atoms with Gasteiger partial charge < -0.3 is 15.3 Å². The second-order valence-electron chi connectivity index (χ2n) is 5.23. The number of phenolic OH excluding ortho intramolecular Hbond substituents is 2. The number of carboxylic acid groups (broad SMARTS) is 1. The summed E-state index contributed by atoms with van der Waals surface area (Å²) in [4.78, 5) is 23.9. The van der Waals surface area contributed by atoms with E-state index in [-0.39, 0.29) is 17.9 Å². The number of Topliss-reactive ketones (excluding diaryl/α,β-unsaturated/α-hetero) is 1. The molecule has 0 saturated heterocycles. The summed E-state index contributed by atoms with van der Waals surface area (Å²) in [5.41, 5.74) is 0.589. The Balaban J connectivity index is 2.70. The summed E-state index contributed by atoms with van der Waals surface area (Å²) < 4.78 is 0. The first kappa shape index (κ1) is 16.5. The average Bonchev–Trinajstić information content (AvgIpc) is 2.53. The summed E-state index contributed by atoms with van der Waals surface area (Å²) in [6.45, 7) is 1.59. The molecule has 0 spiro atoms. The van der Waals surface area contributed by atoms with Crippen molar-refractivity contribution in [2.75, 3.05) is 0 Å². The molecular weight excluding hydrogens is 296 g/mol. The Morgan fingerprint density at radius 1 is 0.913 bits per heavy atom. The van der Waals surface area contributed by atoms with E-state index < -0.39 is 23.6 Å². The number of carbonyl (C=O) groups is 2. The van der Waals surface area contributed by atoms with Crippen LogP contribution in [-0.4, -0.2) is 27.1 Å². The standard InChI is InChI=1S/C18H18O5/c1-2-13(19)17(18(22)23)16(11-7-3-5-9-14(11)20)12-8-4-6-10-15(12)21/h3-10,16-17,20-21H,2H2,1H3,(H,22,23). The number of carboxylic acids is 1. The van der Waals surface area contributed by atoms with Gasteiger partial charge in [0.1, 0.15) is 23.2 Å². The number of aromatic hydroxyl groups is 2. The van der Waals surface area contributed by atoms with Gasteiger partial charge in [0, 0.05) is 23.5 Å². The maximum absolute atomic E-state index is 12.2. The molecule has 23 heavy (non-hydrogen) atoms. The van der Waals surface area contributed by atoms with Gasteiger partial charge in [0.15, 0.2) is 0 Å². The molecule has 2 aromatic rings. The van der Waals surface area contributed by atoms with Crippen LogP contribution in [0.3, 0.4) is 0 Å². The summed E-state index contributed by atoms with van der Waals surface area (Å²) >= 11 is 0. The quantitative estimate of drug-likeness (QED) is 0.713. The molecule has 120 valence electrons. The van der Waals surface area contributed by atoms with Crippen molar-refractivity contribution in [3.63, 3.8) is 0 Å². The van der Waals surface area contributed by atoms with Gasteiger partial charge in [-0.25, -0.2) is 0 Å². The third-order valence-electron chi connectivity index (χ3n) is 3.84. The second kappa shape index (κ2) is 6.96. The van der Waals surface area contributed by atoms with Gasteiger partial charge in [-0.05, 0) is 12.1 Å². The number of ketones is 1. The molecule has 0 amide bonds. The lowest BCUT2D eigenvalue weighted by molar-refractivity contribution is -0.146. The highest BCUT2D eigenvalue weighted by atomic mass is 16.4. The molecule has 0 fully saturated rings. The maximum atomic E-state index is 12.2. The Bertz CT molecular complexity index is 677. The van der Waals surface area contributed by atoms with Crippen LogP contribution in [0.4, 0.5) is 0 Å². The third kappa shape index (κ3) is 3.34. The van der Waals surface area contributed by atoms with Crippen LogP contribution in [0, 0.1) is 5.92 Å². The van der Waals surface area contributed by atoms with Crippen molar-refractivity contribution in [3.8, 4) is 11.5 Å². The van der Waals surface area contributed by atoms with E-state index in [0.717, 1.165) is 0 Å². The summed E-state index contributed by atoms with van der Waals surface area (Å²) in [7, 11) is 0. The van der Waals surface area contributed by atoms with Crippen LogP contribution >= 0.6 is 0 Å². The van der Waals surface area contributed by atoms with E-state index in [4.69, 9.17) is 0 Å². The topological polar surface area (TPSA) is 94.8 Å². The van der Waals surface area contributed by atoms with Crippen LogP contribution in [0.25, 0.3) is 0 Å². The van der Waals surface area contributed by atoms with Crippen molar-refractivity contribution in [1.29, 1.82) is 0 Å². The van der Waals surface area contributed by atoms with Crippen LogP contribution < -0.4 is 0 Å². The van der Waals surface area contributed by atoms with Crippen molar-refractivity contribution in [3.05, 3.63) is 59.7 Å². The molecule has 5 nitrogen and oxygen atoms in total. The molecule has 3 N–H and O–H groups in total. The van der Waals surface area contributed by atoms with Gasteiger partial charge in [-0.2, -0.15) is 0 Å². The van der Waals surface area contributed by atoms with Crippen LogP contribution in [0.15, 0.2) is 48.5 Å². The average molecular weight is 314 g/mol. The Labute approximate surface area is 133 Å². The molecule has 1 unspecified atom stereocenters. The van der Waals surface area contributed by atoms with E-state index in [1.54, 1.807) is 43.3 Å². The monoisotopic (exact) mass is 314 g/mol. The Kier molecular flexibility index (Phi) is 5.01. The molecule has 5 heteroatoms. The van der Waals surface area contributed by atoms with E-state index in [1.807, 2.05) is 0 Å². The number of hydrogen-bond donors (Lipinski definition) is 3. The number of hydrogen-bond acceptors (Lipinski definition) is 4. The van der Waals surface area contributed by atoms with E-state index >= 15 is 0 Å². The molecular formula is C18H18O5. The number of para-hydroxylation sites is 2. The fourth-order valence-corrected chi connectivity index (χ4v) is 2.71. The zero-order valence-corrected chi connectivity index (χ0v) is 12.6. The predicted octanol–water partition coefficient (Wildman–Crippen LogP) is 2.91. The van der Waals surface area contributed by atoms with Gasteiger partial charge in [0.25, 0.3) is 0 Å². The zero-order chi connectivity index (χ0) is 17.0. The van der Waals surface area contributed by atoms with Crippen molar-refractivity contribution in [1.82, 2.24) is 0 Å². The van der Waals surface area contributed by atoms with E-state index in [1.165, 1.54) is 12.1 Å². The second-order valence-corrected chi connectivity index (χ2v) is 5.23. The molecule has 0 radical (unpaired) electrons. The normalized spacial score (nSPS) is 12.1. The van der Waals surface area contributed by atoms with Crippen LogP contribution in [0.5, 0.6) is 11.5 Å². The number of aliphatic carboxylic acids is 1. The summed E-state index contributed by atoms with van der Waals surface area (Å²) in [5, 5.41) is 29.8. The minimum atomic E-state index is -1.39.